The first kappa shape index (κ1) is 18.3. The van der Waals surface area contributed by atoms with Gasteiger partial charge in [0, 0.05) is 23.9 Å². The molecule has 28 heavy (non-hydrogen) atoms. The number of rotatable bonds is 7. The summed E-state index contributed by atoms with van der Waals surface area (Å²) in [6.07, 6.45) is 3.97. The molecule has 142 valence electrons. The van der Waals surface area contributed by atoms with Crippen LogP contribution in [0.25, 0.3) is 11.5 Å². The SMILES string of the molecule is CN(Cc1cnn(Cc2ccccc2)c1)Cn1nc(-c2ccccc2)oc1=S. The molecule has 0 saturated carbocycles. The first-order valence-corrected chi connectivity index (χ1v) is 9.45. The zero-order chi connectivity index (χ0) is 19.3. The van der Waals surface area contributed by atoms with Crippen LogP contribution < -0.4 is 0 Å². The molecule has 0 atom stereocenters. The van der Waals surface area contributed by atoms with E-state index in [1.165, 1.54) is 5.56 Å². The van der Waals surface area contributed by atoms with Crippen molar-refractivity contribution in [1.82, 2.24) is 24.5 Å². The third-order valence-corrected chi connectivity index (χ3v) is 4.62. The van der Waals surface area contributed by atoms with Gasteiger partial charge < -0.3 is 4.42 Å². The standard InChI is InChI=1S/C21H21N5OS/c1-24(13-18-12-22-25(15-18)14-17-8-4-2-5-9-17)16-26-21(28)27-20(23-26)19-10-6-3-7-11-19/h2-12,15H,13-14,16H2,1H3. The van der Waals surface area contributed by atoms with Gasteiger partial charge in [-0.2, -0.15) is 5.10 Å². The molecule has 4 rings (SSSR count). The van der Waals surface area contributed by atoms with E-state index in [9.17, 15) is 0 Å². The van der Waals surface area contributed by atoms with Crippen molar-refractivity contribution < 1.29 is 4.42 Å². The monoisotopic (exact) mass is 391 g/mol. The summed E-state index contributed by atoms with van der Waals surface area (Å²) in [7, 11) is 2.02. The predicted octanol–water partition coefficient (Wildman–Crippen LogP) is 4.21. The van der Waals surface area contributed by atoms with Gasteiger partial charge in [0.25, 0.3) is 4.84 Å². The number of hydrogen-bond donors (Lipinski definition) is 0. The zero-order valence-electron chi connectivity index (χ0n) is 15.6. The van der Waals surface area contributed by atoms with E-state index in [-0.39, 0.29) is 0 Å². The van der Waals surface area contributed by atoms with Crippen LogP contribution in [0, 0.1) is 4.84 Å². The van der Waals surface area contributed by atoms with E-state index in [2.05, 4.69) is 33.4 Å². The molecule has 0 N–H and O–H groups in total. The Bertz CT molecular complexity index is 1080. The van der Waals surface area contributed by atoms with E-state index in [1.54, 1.807) is 4.68 Å². The smallest absolute Gasteiger partial charge is 0.288 e. The molecule has 2 aromatic carbocycles. The van der Waals surface area contributed by atoms with Gasteiger partial charge in [0.2, 0.25) is 5.89 Å². The highest BCUT2D eigenvalue weighted by atomic mass is 32.1. The molecule has 0 unspecified atom stereocenters. The Hall–Kier alpha value is -3.03. The largest absolute Gasteiger partial charge is 0.409 e. The Morgan fingerprint density at radius 3 is 2.46 bits per heavy atom. The number of hydrogen-bond acceptors (Lipinski definition) is 5. The lowest BCUT2D eigenvalue weighted by molar-refractivity contribution is 0.240. The average Bonchev–Trinajstić information content (AvgIpc) is 3.30. The Labute approximate surface area is 168 Å². The lowest BCUT2D eigenvalue weighted by Gasteiger charge is -2.14. The van der Waals surface area contributed by atoms with Crippen LogP contribution in [0.15, 0.2) is 77.5 Å². The Morgan fingerprint density at radius 2 is 1.71 bits per heavy atom. The van der Waals surface area contributed by atoms with Gasteiger partial charge in [0.15, 0.2) is 0 Å². The molecular weight excluding hydrogens is 370 g/mol. The summed E-state index contributed by atoms with van der Waals surface area (Å²) in [5.41, 5.74) is 3.28. The minimum Gasteiger partial charge on any atom is -0.409 e. The van der Waals surface area contributed by atoms with Gasteiger partial charge in [-0.25, -0.2) is 4.68 Å². The highest BCUT2D eigenvalue weighted by Gasteiger charge is 2.10. The maximum atomic E-state index is 5.65. The van der Waals surface area contributed by atoms with Gasteiger partial charge in [0.1, 0.15) is 0 Å². The predicted molar refractivity (Wildman–Crippen MR) is 110 cm³/mol. The molecule has 0 aliphatic carbocycles. The summed E-state index contributed by atoms with van der Waals surface area (Å²) in [5, 5.41) is 8.97. The Morgan fingerprint density at radius 1 is 1.00 bits per heavy atom. The summed E-state index contributed by atoms with van der Waals surface area (Å²) in [6.45, 7) is 2.04. The molecule has 0 fully saturated rings. The summed E-state index contributed by atoms with van der Waals surface area (Å²) in [6, 6.07) is 20.1. The lowest BCUT2D eigenvalue weighted by atomic mass is 10.2. The Kier molecular flexibility index (Phi) is 5.45. The van der Waals surface area contributed by atoms with Crippen LogP contribution >= 0.6 is 12.2 Å². The summed E-state index contributed by atoms with van der Waals surface area (Å²) >= 11 is 5.32. The number of nitrogens with zero attached hydrogens (tertiary/aromatic N) is 5. The molecule has 4 aromatic rings. The van der Waals surface area contributed by atoms with E-state index >= 15 is 0 Å². The van der Waals surface area contributed by atoms with Crippen molar-refractivity contribution in [3.8, 4) is 11.5 Å². The molecule has 0 amide bonds. The van der Waals surface area contributed by atoms with Crippen molar-refractivity contribution in [3.05, 3.63) is 89.0 Å². The van der Waals surface area contributed by atoms with Crippen LogP contribution in [0.5, 0.6) is 0 Å². The van der Waals surface area contributed by atoms with E-state index in [1.807, 2.05) is 66.5 Å². The highest BCUT2D eigenvalue weighted by molar-refractivity contribution is 7.71. The topological polar surface area (TPSA) is 52.0 Å². The number of aromatic nitrogens is 4. The van der Waals surface area contributed by atoms with Crippen molar-refractivity contribution in [2.75, 3.05) is 7.05 Å². The third-order valence-electron chi connectivity index (χ3n) is 4.33. The van der Waals surface area contributed by atoms with Crippen molar-refractivity contribution in [3.63, 3.8) is 0 Å². The third kappa shape index (κ3) is 4.44. The minimum atomic E-state index is 0.366. The summed E-state index contributed by atoms with van der Waals surface area (Å²) in [5.74, 6) is 0.537. The maximum absolute atomic E-state index is 5.65. The summed E-state index contributed by atoms with van der Waals surface area (Å²) in [4.78, 5) is 2.49. The quantitative estimate of drug-likeness (QED) is 0.442. The molecule has 2 aromatic heterocycles. The van der Waals surface area contributed by atoms with Gasteiger partial charge in [-0.3, -0.25) is 9.58 Å². The zero-order valence-corrected chi connectivity index (χ0v) is 16.4. The molecule has 0 aliphatic rings. The van der Waals surface area contributed by atoms with Gasteiger partial charge in [-0.1, -0.05) is 48.5 Å². The summed E-state index contributed by atoms with van der Waals surface area (Å²) < 4.78 is 9.30. The van der Waals surface area contributed by atoms with Crippen molar-refractivity contribution in [2.45, 2.75) is 19.8 Å². The highest BCUT2D eigenvalue weighted by Crippen LogP contribution is 2.17. The Balaban J connectivity index is 1.39. The second-order valence-corrected chi connectivity index (χ2v) is 7.08. The fraction of sp³-hybridized carbons (Fsp3) is 0.190. The maximum Gasteiger partial charge on any atom is 0.288 e. The molecule has 0 radical (unpaired) electrons. The fourth-order valence-corrected chi connectivity index (χ4v) is 3.21. The van der Waals surface area contributed by atoms with Crippen LogP contribution in [0.4, 0.5) is 0 Å². The molecule has 0 saturated heterocycles. The first-order chi connectivity index (χ1) is 13.7. The van der Waals surface area contributed by atoms with Crippen LogP contribution in [0.3, 0.4) is 0 Å². The molecule has 0 aliphatic heterocycles. The van der Waals surface area contributed by atoms with Crippen LogP contribution in [0.2, 0.25) is 0 Å². The van der Waals surface area contributed by atoms with E-state index in [4.69, 9.17) is 16.6 Å². The normalized spacial score (nSPS) is 11.2. The van der Waals surface area contributed by atoms with Gasteiger partial charge in [-0.05, 0) is 37.0 Å². The first-order valence-electron chi connectivity index (χ1n) is 9.04. The molecular formula is C21H21N5OS. The van der Waals surface area contributed by atoms with Gasteiger partial charge in [0.05, 0.1) is 19.4 Å². The van der Waals surface area contributed by atoms with Crippen molar-refractivity contribution in [2.24, 2.45) is 0 Å². The minimum absolute atomic E-state index is 0.366. The van der Waals surface area contributed by atoms with Crippen LogP contribution in [-0.4, -0.2) is 31.5 Å². The second kappa shape index (κ2) is 8.33. The lowest BCUT2D eigenvalue weighted by Crippen LogP contribution is -2.22. The van der Waals surface area contributed by atoms with Crippen LogP contribution in [-0.2, 0) is 19.8 Å². The van der Waals surface area contributed by atoms with Crippen molar-refractivity contribution in [1.29, 1.82) is 0 Å². The molecule has 2 heterocycles. The molecule has 7 heteroatoms. The van der Waals surface area contributed by atoms with Gasteiger partial charge >= 0.3 is 0 Å². The second-order valence-electron chi connectivity index (χ2n) is 6.73. The average molecular weight is 392 g/mol. The van der Waals surface area contributed by atoms with Gasteiger partial charge in [-0.15, -0.1) is 5.10 Å². The van der Waals surface area contributed by atoms with E-state index in [0.29, 0.717) is 17.4 Å². The van der Waals surface area contributed by atoms with Crippen LogP contribution in [0.1, 0.15) is 11.1 Å². The molecule has 0 bridgehead atoms. The van der Waals surface area contributed by atoms with Crippen molar-refractivity contribution >= 4 is 12.2 Å². The van der Waals surface area contributed by atoms with E-state index in [0.717, 1.165) is 24.2 Å². The number of benzene rings is 2. The molecule has 0 spiro atoms. The van der Waals surface area contributed by atoms with E-state index < -0.39 is 0 Å². The fourth-order valence-electron chi connectivity index (χ4n) is 3.03. The molecule has 6 nitrogen and oxygen atoms in total.